The number of carbonyl (C=O) groups excluding carboxylic acids is 1. The number of hydrogen-bond acceptors (Lipinski definition) is 7. The Kier molecular flexibility index (Phi) is 5.31. The largest absolute Gasteiger partial charge is 0.384 e. The number of aromatic nitrogens is 5. The highest BCUT2D eigenvalue weighted by atomic mass is 19.1. The molecule has 4 heterocycles. The van der Waals surface area contributed by atoms with Gasteiger partial charge in [0.1, 0.15) is 23.4 Å². The average Bonchev–Trinajstić information content (AvgIpc) is 3.50. The van der Waals surface area contributed by atoms with Crippen LogP contribution in [0.5, 0.6) is 0 Å². The van der Waals surface area contributed by atoms with Crippen LogP contribution in [0.3, 0.4) is 0 Å². The smallest absolute Gasteiger partial charge is 0.257 e. The SMILES string of the molecule is Cc1nc(N2C[C@H]3CN(C(=O)c4c(F)cccc4-c4ncn[nH]4)C[C@H]3C2)nc(C(C)(C)O)c1F. The summed E-state index contributed by atoms with van der Waals surface area (Å²) in [7, 11) is 0. The summed E-state index contributed by atoms with van der Waals surface area (Å²) in [6, 6.07) is 4.44. The number of aliphatic hydroxyl groups is 1. The summed E-state index contributed by atoms with van der Waals surface area (Å²) in [6.07, 6.45) is 1.31. The minimum absolute atomic E-state index is 0.0246. The fourth-order valence-electron chi connectivity index (χ4n) is 4.85. The lowest BCUT2D eigenvalue weighted by Crippen LogP contribution is -2.35. The van der Waals surface area contributed by atoms with E-state index in [4.69, 9.17) is 0 Å². The summed E-state index contributed by atoms with van der Waals surface area (Å²) in [5.74, 6) is -0.617. The predicted molar refractivity (Wildman–Crippen MR) is 119 cm³/mol. The zero-order valence-electron chi connectivity index (χ0n) is 19.1. The lowest BCUT2D eigenvalue weighted by molar-refractivity contribution is 0.0690. The van der Waals surface area contributed by atoms with E-state index in [-0.39, 0.29) is 34.7 Å². The molecule has 1 aromatic carbocycles. The van der Waals surface area contributed by atoms with Gasteiger partial charge in [0.05, 0.1) is 11.3 Å². The summed E-state index contributed by atoms with van der Waals surface area (Å²) >= 11 is 0. The maximum Gasteiger partial charge on any atom is 0.257 e. The Balaban J connectivity index is 1.35. The van der Waals surface area contributed by atoms with Crippen LogP contribution in [0.4, 0.5) is 14.7 Å². The van der Waals surface area contributed by atoms with E-state index in [1.807, 2.05) is 4.90 Å². The van der Waals surface area contributed by atoms with Crippen LogP contribution in [-0.2, 0) is 5.60 Å². The van der Waals surface area contributed by atoms with Gasteiger partial charge in [-0.15, -0.1) is 0 Å². The van der Waals surface area contributed by atoms with Crippen molar-refractivity contribution in [2.75, 3.05) is 31.1 Å². The third kappa shape index (κ3) is 3.79. The number of nitrogens with zero attached hydrogens (tertiary/aromatic N) is 6. The third-order valence-electron chi connectivity index (χ3n) is 6.54. The number of nitrogens with one attached hydrogen (secondary N) is 1. The highest BCUT2D eigenvalue weighted by Gasteiger charge is 2.43. The molecule has 2 saturated heterocycles. The monoisotopic (exact) mass is 469 g/mol. The fraction of sp³-hybridized carbons (Fsp3) is 0.435. The molecular weight excluding hydrogens is 444 g/mol. The van der Waals surface area contributed by atoms with Crippen LogP contribution in [0.1, 0.15) is 35.6 Å². The second-order valence-corrected chi connectivity index (χ2v) is 9.46. The quantitative estimate of drug-likeness (QED) is 0.603. The van der Waals surface area contributed by atoms with Crippen molar-refractivity contribution in [3.05, 3.63) is 53.1 Å². The molecule has 3 aromatic rings. The van der Waals surface area contributed by atoms with E-state index in [0.717, 1.165) is 0 Å². The molecule has 0 unspecified atom stereocenters. The Morgan fingerprint density at radius 1 is 1.15 bits per heavy atom. The maximum atomic E-state index is 14.7. The molecular formula is C23H25F2N7O2. The van der Waals surface area contributed by atoms with Gasteiger partial charge in [0.2, 0.25) is 5.95 Å². The Hall–Kier alpha value is -3.47. The second-order valence-electron chi connectivity index (χ2n) is 9.46. The first-order chi connectivity index (χ1) is 16.1. The van der Waals surface area contributed by atoms with Crippen LogP contribution in [0, 0.1) is 30.4 Å². The van der Waals surface area contributed by atoms with Crippen LogP contribution >= 0.6 is 0 Å². The summed E-state index contributed by atoms with van der Waals surface area (Å²) in [5, 5.41) is 16.8. The molecule has 34 heavy (non-hydrogen) atoms. The van der Waals surface area contributed by atoms with Crippen LogP contribution in [0.2, 0.25) is 0 Å². The van der Waals surface area contributed by atoms with Crippen molar-refractivity contribution in [3.63, 3.8) is 0 Å². The van der Waals surface area contributed by atoms with Gasteiger partial charge in [0.15, 0.2) is 11.6 Å². The van der Waals surface area contributed by atoms with Gasteiger partial charge in [-0.05, 0) is 26.8 Å². The molecule has 11 heteroatoms. The molecule has 9 nitrogen and oxygen atoms in total. The predicted octanol–water partition coefficient (Wildman–Crippen LogP) is 2.28. The zero-order valence-corrected chi connectivity index (χ0v) is 19.1. The first-order valence-corrected chi connectivity index (χ1v) is 11.1. The van der Waals surface area contributed by atoms with Crippen LogP contribution in [-0.4, -0.2) is 67.2 Å². The number of amides is 1. The number of hydrogen-bond donors (Lipinski definition) is 2. The highest BCUT2D eigenvalue weighted by molar-refractivity contribution is 6.00. The van der Waals surface area contributed by atoms with E-state index in [0.29, 0.717) is 43.5 Å². The first-order valence-electron chi connectivity index (χ1n) is 11.1. The van der Waals surface area contributed by atoms with Gasteiger partial charge >= 0.3 is 0 Å². The van der Waals surface area contributed by atoms with Crippen molar-refractivity contribution in [2.45, 2.75) is 26.4 Å². The summed E-state index contributed by atoms with van der Waals surface area (Å²) in [6.45, 7) is 6.60. The third-order valence-corrected chi connectivity index (χ3v) is 6.54. The highest BCUT2D eigenvalue weighted by Crippen LogP contribution is 2.35. The Bertz CT molecular complexity index is 1230. The number of carbonyl (C=O) groups is 1. The maximum absolute atomic E-state index is 14.7. The van der Waals surface area contributed by atoms with Gasteiger partial charge in [-0.2, -0.15) is 5.10 Å². The number of rotatable bonds is 4. The van der Waals surface area contributed by atoms with E-state index < -0.39 is 17.2 Å². The van der Waals surface area contributed by atoms with Crippen LogP contribution in [0.25, 0.3) is 11.4 Å². The molecule has 0 radical (unpaired) electrons. The molecule has 2 N–H and O–H groups in total. The fourth-order valence-corrected chi connectivity index (χ4v) is 4.85. The Labute approximate surface area is 194 Å². The molecule has 2 fully saturated rings. The molecule has 2 atom stereocenters. The van der Waals surface area contributed by atoms with Crippen LogP contribution in [0.15, 0.2) is 24.5 Å². The summed E-state index contributed by atoms with van der Waals surface area (Å²) < 4.78 is 29.2. The number of halogens is 2. The number of aryl methyl sites for hydroxylation is 1. The van der Waals surface area contributed by atoms with Crippen molar-refractivity contribution in [2.24, 2.45) is 11.8 Å². The van der Waals surface area contributed by atoms with Crippen molar-refractivity contribution in [1.29, 1.82) is 0 Å². The van der Waals surface area contributed by atoms with Crippen LogP contribution < -0.4 is 4.90 Å². The first kappa shape index (κ1) is 22.3. The molecule has 2 aliphatic rings. The lowest BCUT2D eigenvalue weighted by atomic mass is 10.0. The van der Waals surface area contributed by atoms with E-state index in [9.17, 15) is 18.7 Å². The summed E-state index contributed by atoms with van der Waals surface area (Å²) in [5.41, 5.74) is -0.954. The van der Waals surface area contributed by atoms with Crippen molar-refractivity contribution < 1.29 is 18.7 Å². The second kappa shape index (κ2) is 8.08. The van der Waals surface area contributed by atoms with E-state index in [1.165, 1.54) is 32.3 Å². The van der Waals surface area contributed by atoms with Crippen molar-refractivity contribution >= 4 is 11.9 Å². The number of benzene rings is 1. The zero-order chi connectivity index (χ0) is 24.2. The number of anilines is 1. The number of likely N-dealkylation sites (tertiary alicyclic amines) is 1. The Morgan fingerprint density at radius 2 is 1.85 bits per heavy atom. The van der Waals surface area contributed by atoms with Gasteiger partial charge in [0, 0.05) is 43.6 Å². The number of fused-ring (bicyclic) bond motifs is 1. The van der Waals surface area contributed by atoms with Gasteiger partial charge < -0.3 is 14.9 Å². The summed E-state index contributed by atoms with van der Waals surface area (Å²) in [4.78, 5) is 29.6. The van der Waals surface area contributed by atoms with Crippen molar-refractivity contribution in [1.82, 2.24) is 30.0 Å². The average molecular weight is 469 g/mol. The molecule has 0 saturated carbocycles. The molecule has 0 aliphatic carbocycles. The van der Waals surface area contributed by atoms with E-state index in [2.05, 4.69) is 25.1 Å². The molecule has 0 spiro atoms. The van der Waals surface area contributed by atoms with Gasteiger partial charge in [-0.25, -0.2) is 23.7 Å². The molecule has 5 rings (SSSR count). The molecule has 2 aliphatic heterocycles. The van der Waals surface area contributed by atoms with E-state index >= 15 is 0 Å². The minimum atomic E-state index is -1.44. The molecule has 1 amide bonds. The Morgan fingerprint density at radius 3 is 2.47 bits per heavy atom. The standard InChI is InChI=1S/C23H25F2N7O2/c1-12-18(25)19(23(2,3)34)29-22(28-12)32-9-13-7-31(8-14(13)10-32)21(33)17-15(5-4-6-16(17)24)20-26-11-27-30-20/h4-6,11,13-14,34H,7-10H2,1-3H3,(H,26,27,30)/t13-,14+. The number of aromatic amines is 1. The van der Waals surface area contributed by atoms with Gasteiger partial charge in [0.25, 0.3) is 5.91 Å². The lowest BCUT2D eigenvalue weighted by Gasteiger charge is -2.25. The van der Waals surface area contributed by atoms with E-state index in [1.54, 1.807) is 17.9 Å². The van der Waals surface area contributed by atoms with Gasteiger partial charge in [-0.1, -0.05) is 12.1 Å². The normalized spacial score (nSPS) is 20.2. The van der Waals surface area contributed by atoms with Crippen molar-refractivity contribution in [3.8, 4) is 11.4 Å². The minimum Gasteiger partial charge on any atom is -0.384 e. The topological polar surface area (TPSA) is 111 Å². The molecule has 2 aromatic heterocycles. The molecule has 178 valence electrons. The van der Waals surface area contributed by atoms with Gasteiger partial charge in [-0.3, -0.25) is 9.89 Å². The molecule has 0 bridgehead atoms. The number of H-pyrrole nitrogens is 1.